The first kappa shape index (κ1) is 14.3. The van der Waals surface area contributed by atoms with Gasteiger partial charge in [0.2, 0.25) is 0 Å². The van der Waals surface area contributed by atoms with Crippen LogP contribution in [0.3, 0.4) is 0 Å². The molecule has 6 nitrogen and oxygen atoms in total. The van der Waals surface area contributed by atoms with Gasteiger partial charge in [0.15, 0.2) is 0 Å². The summed E-state index contributed by atoms with van der Waals surface area (Å²) in [6, 6.07) is 9.20. The molecule has 0 saturated heterocycles. The van der Waals surface area contributed by atoms with Crippen molar-refractivity contribution >= 4 is 17.5 Å². The molecule has 0 saturated carbocycles. The number of ether oxygens (including phenoxy) is 1. The standard InChI is InChI=1S/C13H14N2O4S/c1-2-19-11(16)9-15-12(17)14(13(18)20-15)8-10-6-4-3-5-7-10/h3-7H,2,8-9H2,1H3. The summed E-state index contributed by atoms with van der Waals surface area (Å²) < 4.78 is 6.99. The third-order valence-electron chi connectivity index (χ3n) is 2.61. The molecular weight excluding hydrogens is 280 g/mol. The molecule has 1 heterocycles. The average Bonchev–Trinajstić information content (AvgIpc) is 2.68. The maximum absolute atomic E-state index is 12.1. The number of rotatable bonds is 5. The lowest BCUT2D eigenvalue weighted by Crippen LogP contribution is -2.30. The van der Waals surface area contributed by atoms with Crippen molar-refractivity contribution in [2.45, 2.75) is 20.0 Å². The maximum Gasteiger partial charge on any atom is 0.342 e. The minimum Gasteiger partial charge on any atom is -0.465 e. The van der Waals surface area contributed by atoms with Crippen LogP contribution in [0.4, 0.5) is 0 Å². The molecule has 1 aromatic carbocycles. The molecule has 0 N–H and O–H groups in total. The summed E-state index contributed by atoms with van der Waals surface area (Å²) in [6.07, 6.45) is 0. The number of carbonyl (C=O) groups excluding carboxylic acids is 1. The van der Waals surface area contributed by atoms with Gasteiger partial charge in [0.1, 0.15) is 6.54 Å². The van der Waals surface area contributed by atoms with Crippen LogP contribution in [0.5, 0.6) is 0 Å². The molecule has 106 valence electrons. The lowest BCUT2D eigenvalue weighted by Gasteiger charge is -2.01. The number of aromatic nitrogens is 2. The molecule has 0 atom stereocenters. The summed E-state index contributed by atoms with van der Waals surface area (Å²) >= 11 is 0.725. The van der Waals surface area contributed by atoms with Gasteiger partial charge in [0.05, 0.1) is 13.2 Å². The molecule has 0 aliphatic heterocycles. The molecule has 7 heteroatoms. The van der Waals surface area contributed by atoms with Crippen molar-refractivity contribution in [3.8, 4) is 0 Å². The predicted molar refractivity (Wildman–Crippen MR) is 75.0 cm³/mol. The minimum absolute atomic E-state index is 0.199. The predicted octanol–water partition coefficient (Wildman–Crippen LogP) is 0.683. The Kier molecular flexibility index (Phi) is 4.52. The van der Waals surface area contributed by atoms with Crippen molar-refractivity contribution in [2.75, 3.05) is 6.61 Å². The van der Waals surface area contributed by atoms with E-state index in [0.29, 0.717) is 0 Å². The number of esters is 1. The average molecular weight is 294 g/mol. The molecule has 2 rings (SSSR count). The highest BCUT2D eigenvalue weighted by Gasteiger charge is 2.13. The Morgan fingerprint density at radius 1 is 1.25 bits per heavy atom. The van der Waals surface area contributed by atoms with Gasteiger partial charge in [-0.1, -0.05) is 30.3 Å². The second-order valence-corrected chi connectivity index (χ2v) is 5.03. The third kappa shape index (κ3) is 3.24. The van der Waals surface area contributed by atoms with Gasteiger partial charge in [-0.25, -0.2) is 13.3 Å². The molecule has 20 heavy (non-hydrogen) atoms. The normalized spacial score (nSPS) is 10.4. The maximum atomic E-state index is 12.1. The number of carbonyl (C=O) groups is 1. The van der Waals surface area contributed by atoms with Crippen molar-refractivity contribution in [1.82, 2.24) is 8.52 Å². The zero-order valence-corrected chi connectivity index (χ0v) is 11.8. The van der Waals surface area contributed by atoms with Gasteiger partial charge < -0.3 is 4.74 Å². The highest BCUT2D eigenvalue weighted by molar-refractivity contribution is 7.03. The van der Waals surface area contributed by atoms with Gasteiger partial charge in [-0.2, -0.15) is 0 Å². The first-order chi connectivity index (χ1) is 9.61. The molecule has 2 aromatic rings. The summed E-state index contributed by atoms with van der Waals surface area (Å²) in [5.41, 5.74) is 0.365. The molecular formula is C13H14N2O4S. The second-order valence-electron chi connectivity index (χ2n) is 4.05. The number of benzene rings is 1. The van der Waals surface area contributed by atoms with Gasteiger partial charge in [0.25, 0.3) is 0 Å². The highest BCUT2D eigenvalue weighted by atomic mass is 32.1. The van der Waals surface area contributed by atoms with Gasteiger partial charge >= 0.3 is 16.5 Å². The summed E-state index contributed by atoms with van der Waals surface area (Å²) in [7, 11) is 0. The Bertz CT molecular complexity index is 699. The van der Waals surface area contributed by atoms with E-state index in [0.717, 1.165) is 25.6 Å². The highest BCUT2D eigenvalue weighted by Crippen LogP contribution is 2.00. The van der Waals surface area contributed by atoms with Crippen LogP contribution in [0, 0.1) is 0 Å². The van der Waals surface area contributed by atoms with E-state index in [-0.39, 0.29) is 24.6 Å². The zero-order valence-electron chi connectivity index (χ0n) is 10.9. The summed E-state index contributed by atoms with van der Waals surface area (Å²) in [4.78, 5) is 34.8. The van der Waals surface area contributed by atoms with E-state index in [2.05, 4.69) is 0 Å². The first-order valence-corrected chi connectivity index (χ1v) is 6.89. The lowest BCUT2D eigenvalue weighted by atomic mass is 10.2. The second kappa shape index (κ2) is 6.33. The van der Waals surface area contributed by atoms with Crippen molar-refractivity contribution in [1.29, 1.82) is 0 Å². The van der Waals surface area contributed by atoms with E-state index < -0.39 is 11.7 Å². The zero-order chi connectivity index (χ0) is 14.5. The first-order valence-electron chi connectivity index (χ1n) is 6.12. The smallest absolute Gasteiger partial charge is 0.342 e. The molecule has 0 aliphatic rings. The SMILES string of the molecule is CCOC(=O)Cn1sc(=O)n(Cc2ccccc2)c1=O. The van der Waals surface area contributed by atoms with Crippen LogP contribution in [0.15, 0.2) is 39.9 Å². The molecule has 1 aromatic heterocycles. The third-order valence-corrected chi connectivity index (χ3v) is 3.50. The number of nitrogens with zero attached hydrogens (tertiary/aromatic N) is 2. The van der Waals surface area contributed by atoms with Crippen molar-refractivity contribution in [3.63, 3.8) is 0 Å². The van der Waals surface area contributed by atoms with Crippen LogP contribution in [0.1, 0.15) is 12.5 Å². The van der Waals surface area contributed by atoms with E-state index in [1.54, 1.807) is 6.92 Å². The van der Waals surface area contributed by atoms with Crippen LogP contribution in [0.2, 0.25) is 0 Å². The molecule has 0 aliphatic carbocycles. The van der Waals surface area contributed by atoms with Crippen LogP contribution in [-0.4, -0.2) is 21.1 Å². The van der Waals surface area contributed by atoms with Crippen molar-refractivity contribution in [2.24, 2.45) is 0 Å². The van der Waals surface area contributed by atoms with E-state index in [9.17, 15) is 14.4 Å². The fourth-order valence-electron chi connectivity index (χ4n) is 1.72. The molecule has 0 fully saturated rings. The monoisotopic (exact) mass is 294 g/mol. The number of hydrogen-bond donors (Lipinski definition) is 0. The van der Waals surface area contributed by atoms with Gasteiger partial charge in [-0.3, -0.25) is 9.59 Å². The lowest BCUT2D eigenvalue weighted by molar-refractivity contribution is -0.143. The van der Waals surface area contributed by atoms with Crippen LogP contribution in [0.25, 0.3) is 0 Å². The largest absolute Gasteiger partial charge is 0.465 e. The van der Waals surface area contributed by atoms with Crippen LogP contribution >= 0.6 is 11.5 Å². The van der Waals surface area contributed by atoms with E-state index in [4.69, 9.17) is 4.74 Å². The number of hydrogen-bond acceptors (Lipinski definition) is 5. The fourth-order valence-corrected chi connectivity index (χ4v) is 2.49. The fraction of sp³-hybridized carbons (Fsp3) is 0.308. The quantitative estimate of drug-likeness (QED) is 0.761. The topological polar surface area (TPSA) is 70.3 Å². The molecule has 0 unspecified atom stereocenters. The summed E-state index contributed by atoms with van der Waals surface area (Å²) in [6.45, 7) is 1.90. The molecule has 0 amide bonds. The van der Waals surface area contributed by atoms with E-state index in [1.165, 1.54) is 0 Å². The van der Waals surface area contributed by atoms with Gasteiger partial charge in [-0.05, 0) is 12.5 Å². The minimum atomic E-state index is -0.525. The van der Waals surface area contributed by atoms with E-state index in [1.807, 2.05) is 30.3 Å². The summed E-state index contributed by atoms with van der Waals surface area (Å²) in [5, 5.41) is 0. The van der Waals surface area contributed by atoms with Crippen LogP contribution < -0.4 is 10.6 Å². The Balaban J connectivity index is 2.24. The van der Waals surface area contributed by atoms with E-state index >= 15 is 0 Å². The van der Waals surface area contributed by atoms with Crippen LogP contribution in [-0.2, 0) is 22.6 Å². The van der Waals surface area contributed by atoms with Crippen molar-refractivity contribution < 1.29 is 9.53 Å². The molecule has 0 spiro atoms. The van der Waals surface area contributed by atoms with Gasteiger partial charge in [0, 0.05) is 11.5 Å². The molecule has 0 bridgehead atoms. The Labute approximate surface area is 119 Å². The Hall–Kier alpha value is -2.15. The Morgan fingerprint density at radius 3 is 2.60 bits per heavy atom. The van der Waals surface area contributed by atoms with Crippen molar-refractivity contribution in [3.05, 3.63) is 56.0 Å². The summed E-state index contributed by atoms with van der Waals surface area (Å²) in [5.74, 6) is -0.525. The molecule has 0 radical (unpaired) electrons. The Morgan fingerprint density at radius 2 is 1.95 bits per heavy atom. The van der Waals surface area contributed by atoms with Gasteiger partial charge in [-0.15, -0.1) is 0 Å².